The highest BCUT2D eigenvalue weighted by Gasteiger charge is 2.41. The third-order valence-electron chi connectivity index (χ3n) is 4.90. The van der Waals surface area contributed by atoms with Crippen LogP contribution in [0.3, 0.4) is 0 Å². The molecule has 1 aromatic carbocycles. The maximum atomic E-state index is 12.8. The van der Waals surface area contributed by atoms with Crippen LogP contribution >= 0.6 is 11.6 Å². The van der Waals surface area contributed by atoms with E-state index in [0.717, 1.165) is 19.5 Å². The number of benzene rings is 1. The lowest BCUT2D eigenvalue weighted by atomic mass is 10.00. The Morgan fingerprint density at radius 2 is 2.16 bits per heavy atom. The van der Waals surface area contributed by atoms with E-state index in [1.165, 1.54) is 6.42 Å². The van der Waals surface area contributed by atoms with Crippen molar-refractivity contribution >= 4 is 29.1 Å². The predicted molar refractivity (Wildman–Crippen MR) is 98.1 cm³/mol. The number of anilines is 1. The Kier molecular flexibility index (Phi) is 4.96. The zero-order chi connectivity index (χ0) is 18.2. The van der Waals surface area contributed by atoms with Gasteiger partial charge in [-0.05, 0) is 50.8 Å². The summed E-state index contributed by atoms with van der Waals surface area (Å²) in [5.41, 5.74) is -0.319. The number of halogens is 1. The van der Waals surface area contributed by atoms with E-state index in [1.807, 2.05) is 4.90 Å². The fourth-order valence-corrected chi connectivity index (χ4v) is 3.71. The lowest BCUT2D eigenvalue weighted by molar-refractivity contribution is -0.134. The van der Waals surface area contributed by atoms with E-state index in [4.69, 9.17) is 16.3 Å². The Balaban J connectivity index is 1.75. The average molecular weight is 365 g/mol. The number of rotatable bonds is 3. The molecule has 0 aliphatic carbocycles. The number of hydrogen-bond donors (Lipinski definition) is 0. The molecule has 1 fully saturated rings. The molecule has 25 heavy (non-hydrogen) atoms. The fraction of sp³-hybridized carbons (Fsp3) is 0.579. The molecule has 1 unspecified atom stereocenters. The first-order valence-electron chi connectivity index (χ1n) is 8.86. The number of amides is 2. The Morgan fingerprint density at radius 1 is 1.40 bits per heavy atom. The van der Waals surface area contributed by atoms with E-state index in [2.05, 4.69) is 6.92 Å². The molecule has 0 aromatic heterocycles. The van der Waals surface area contributed by atoms with Crippen LogP contribution in [0, 0.1) is 5.92 Å². The summed E-state index contributed by atoms with van der Waals surface area (Å²) >= 11 is 6.09. The van der Waals surface area contributed by atoms with Crippen molar-refractivity contribution < 1.29 is 14.3 Å². The number of hydrogen-bond acceptors (Lipinski definition) is 3. The molecule has 0 radical (unpaired) electrons. The van der Waals surface area contributed by atoms with Crippen molar-refractivity contribution in [3.63, 3.8) is 0 Å². The molecule has 2 aliphatic rings. The Hall–Kier alpha value is -1.75. The first-order chi connectivity index (χ1) is 11.8. The molecule has 6 heteroatoms. The van der Waals surface area contributed by atoms with Gasteiger partial charge in [0.05, 0.1) is 5.69 Å². The number of carbonyl (C=O) groups is 2. The largest absolute Gasteiger partial charge is 0.476 e. The van der Waals surface area contributed by atoms with Crippen molar-refractivity contribution in [3.05, 3.63) is 23.2 Å². The van der Waals surface area contributed by atoms with Gasteiger partial charge in [-0.15, -0.1) is 0 Å². The zero-order valence-corrected chi connectivity index (χ0v) is 15.8. The molecule has 0 spiro atoms. The number of fused-ring (bicyclic) bond motifs is 1. The van der Waals surface area contributed by atoms with Gasteiger partial charge in [0, 0.05) is 31.1 Å². The quantitative estimate of drug-likeness (QED) is 0.824. The standard InChI is InChI=1S/C19H25ClN2O3/c1-13-5-4-9-21(12-13)17(23)8-10-22-15-11-14(20)6-7-16(15)25-19(2,3)18(22)24/h6-7,11,13H,4-5,8-10,12H2,1-3H3. The van der Waals surface area contributed by atoms with Gasteiger partial charge in [0.2, 0.25) is 5.91 Å². The Bertz CT molecular complexity index is 689. The van der Waals surface area contributed by atoms with Crippen molar-refractivity contribution in [3.8, 4) is 5.75 Å². The second-order valence-corrected chi connectivity index (χ2v) is 7.95. The summed E-state index contributed by atoms with van der Waals surface area (Å²) in [4.78, 5) is 28.9. The van der Waals surface area contributed by atoms with Gasteiger partial charge in [0.1, 0.15) is 5.75 Å². The molecule has 0 N–H and O–H groups in total. The third kappa shape index (κ3) is 3.76. The molecule has 2 amide bonds. The van der Waals surface area contributed by atoms with Gasteiger partial charge in [0.15, 0.2) is 5.60 Å². The SMILES string of the molecule is CC1CCCN(C(=O)CCN2C(=O)C(C)(C)Oc3ccc(Cl)cc32)C1. The molecule has 3 rings (SSSR count). The van der Waals surface area contributed by atoms with E-state index < -0.39 is 5.60 Å². The van der Waals surface area contributed by atoms with Crippen LogP contribution in [-0.4, -0.2) is 41.9 Å². The van der Waals surface area contributed by atoms with Crippen LogP contribution in [0.25, 0.3) is 0 Å². The van der Waals surface area contributed by atoms with E-state index in [1.54, 1.807) is 36.9 Å². The summed E-state index contributed by atoms with van der Waals surface area (Å²) < 4.78 is 5.81. The summed E-state index contributed by atoms with van der Waals surface area (Å²) in [6.45, 7) is 7.62. The number of ether oxygens (including phenoxy) is 1. The first-order valence-corrected chi connectivity index (χ1v) is 9.24. The molecular weight excluding hydrogens is 340 g/mol. The minimum Gasteiger partial charge on any atom is -0.476 e. The van der Waals surface area contributed by atoms with Gasteiger partial charge in [-0.2, -0.15) is 0 Å². The molecule has 1 atom stereocenters. The Labute approximate surface area is 153 Å². The van der Waals surface area contributed by atoms with Crippen molar-refractivity contribution in [1.82, 2.24) is 4.90 Å². The summed E-state index contributed by atoms with van der Waals surface area (Å²) in [7, 11) is 0. The Morgan fingerprint density at radius 3 is 2.88 bits per heavy atom. The molecule has 0 bridgehead atoms. The number of carbonyl (C=O) groups excluding carboxylic acids is 2. The highest BCUT2D eigenvalue weighted by atomic mass is 35.5. The topological polar surface area (TPSA) is 49.9 Å². The molecule has 1 saturated heterocycles. The molecule has 5 nitrogen and oxygen atoms in total. The highest BCUT2D eigenvalue weighted by Crippen LogP contribution is 2.39. The van der Waals surface area contributed by atoms with E-state index in [9.17, 15) is 9.59 Å². The summed E-state index contributed by atoms with van der Waals surface area (Å²) in [6.07, 6.45) is 2.53. The van der Waals surface area contributed by atoms with Crippen LogP contribution in [0.15, 0.2) is 18.2 Å². The van der Waals surface area contributed by atoms with Gasteiger partial charge >= 0.3 is 0 Å². The molecule has 2 aliphatic heterocycles. The monoisotopic (exact) mass is 364 g/mol. The van der Waals surface area contributed by atoms with Crippen LogP contribution < -0.4 is 9.64 Å². The first kappa shape index (κ1) is 18.1. The van der Waals surface area contributed by atoms with Gasteiger partial charge in [-0.3, -0.25) is 9.59 Å². The van der Waals surface area contributed by atoms with E-state index >= 15 is 0 Å². The lowest BCUT2D eigenvalue weighted by Gasteiger charge is -2.39. The maximum Gasteiger partial charge on any atom is 0.270 e. The van der Waals surface area contributed by atoms with Crippen LogP contribution in [-0.2, 0) is 9.59 Å². The van der Waals surface area contributed by atoms with Crippen LogP contribution in [0.2, 0.25) is 5.02 Å². The smallest absolute Gasteiger partial charge is 0.270 e. The number of nitrogens with zero attached hydrogens (tertiary/aromatic N) is 2. The van der Waals surface area contributed by atoms with Gasteiger partial charge < -0.3 is 14.5 Å². The molecule has 136 valence electrons. The lowest BCUT2D eigenvalue weighted by Crippen LogP contribution is -2.53. The van der Waals surface area contributed by atoms with Crippen LogP contribution in [0.4, 0.5) is 5.69 Å². The van der Waals surface area contributed by atoms with Crippen LogP contribution in [0.5, 0.6) is 5.75 Å². The predicted octanol–water partition coefficient (Wildman–Crippen LogP) is 3.49. The molecule has 0 saturated carbocycles. The maximum absolute atomic E-state index is 12.8. The molecular formula is C19H25ClN2O3. The van der Waals surface area contributed by atoms with Gasteiger partial charge in [-0.1, -0.05) is 18.5 Å². The van der Waals surface area contributed by atoms with Gasteiger partial charge in [0.25, 0.3) is 5.91 Å². The summed E-state index contributed by atoms with van der Waals surface area (Å²) in [5.74, 6) is 1.11. The normalized spacial score (nSPS) is 22.4. The fourth-order valence-electron chi connectivity index (χ4n) is 3.54. The van der Waals surface area contributed by atoms with Crippen molar-refractivity contribution in [2.45, 2.75) is 45.6 Å². The molecule has 2 heterocycles. The van der Waals surface area contributed by atoms with Crippen LogP contribution in [0.1, 0.15) is 40.0 Å². The number of likely N-dealkylation sites (tertiary alicyclic amines) is 1. The number of piperidine rings is 1. The van der Waals surface area contributed by atoms with Crippen molar-refractivity contribution in [1.29, 1.82) is 0 Å². The van der Waals surface area contributed by atoms with Crippen molar-refractivity contribution in [2.75, 3.05) is 24.5 Å². The summed E-state index contributed by atoms with van der Waals surface area (Å²) in [6, 6.07) is 5.23. The minimum absolute atomic E-state index is 0.104. The van der Waals surface area contributed by atoms with Gasteiger partial charge in [-0.25, -0.2) is 0 Å². The molecule has 1 aromatic rings. The second-order valence-electron chi connectivity index (χ2n) is 7.52. The highest BCUT2D eigenvalue weighted by molar-refractivity contribution is 6.31. The zero-order valence-electron chi connectivity index (χ0n) is 15.0. The second kappa shape index (κ2) is 6.87. The average Bonchev–Trinajstić information content (AvgIpc) is 2.55. The van der Waals surface area contributed by atoms with E-state index in [-0.39, 0.29) is 11.8 Å². The third-order valence-corrected chi connectivity index (χ3v) is 5.13. The van der Waals surface area contributed by atoms with Crippen molar-refractivity contribution in [2.24, 2.45) is 5.92 Å². The minimum atomic E-state index is -0.955. The van der Waals surface area contributed by atoms with E-state index in [0.29, 0.717) is 35.3 Å². The summed E-state index contributed by atoms with van der Waals surface area (Å²) in [5, 5.41) is 0.538.